The molecular weight excluding hydrogens is 286 g/mol. The van der Waals surface area contributed by atoms with Gasteiger partial charge in [0.2, 0.25) is 0 Å². The fourth-order valence-electron chi connectivity index (χ4n) is 2.45. The minimum atomic E-state index is 0.381. The number of benzene rings is 1. The Morgan fingerprint density at radius 3 is 2.78 bits per heavy atom. The largest absolute Gasteiger partial charge is 0.310 e. The van der Waals surface area contributed by atoms with E-state index in [2.05, 4.69) is 67.1 Å². The molecule has 0 radical (unpaired) electrons. The molecule has 2 rings (SSSR count). The normalized spacial score (nSPS) is 20.8. The molecule has 0 fully saturated rings. The van der Waals surface area contributed by atoms with Crippen LogP contribution in [0.2, 0.25) is 0 Å². The van der Waals surface area contributed by atoms with Crippen LogP contribution in [0.5, 0.6) is 0 Å². The molecule has 0 heterocycles. The van der Waals surface area contributed by atoms with E-state index in [1.807, 2.05) is 0 Å². The zero-order valence-electron chi connectivity index (χ0n) is 11.9. The molecule has 0 saturated carbocycles. The summed E-state index contributed by atoms with van der Waals surface area (Å²) in [6, 6.07) is 7.11. The molecule has 1 nitrogen and oxygen atoms in total. The lowest BCUT2D eigenvalue weighted by atomic mass is 9.82. The molecular formula is C16H24BrN. The summed E-state index contributed by atoms with van der Waals surface area (Å²) in [5.74, 6) is 0.689. The average molecular weight is 310 g/mol. The molecule has 1 aromatic rings. The number of nitrogens with one attached hydrogen (secondary N) is 1. The fraction of sp³-hybridized carbons (Fsp3) is 0.625. The minimum Gasteiger partial charge on any atom is -0.310 e. The molecule has 1 aromatic carbocycles. The van der Waals surface area contributed by atoms with Gasteiger partial charge in [0.05, 0.1) is 0 Å². The second kappa shape index (κ2) is 5.34. The van der Waals surface area contributed by atoms with Crippen LogP contribution in [0, 0.1) is 11.3 Å². The highest BCUT2D eigenvalue weighted by molar-refractivity contribution is 9.10. The molecule has 18 heavy (non-hydrogen) atoms. The van der Waals surface area contributed by atoms with E-state index in [4.69, 9.17) is 0 Å². The van der Waals surface area contributed by atoms with Gasteiger partial charge in [0.25, 0.3) is 0 Å². The van der Waals surface area contributed by atoms with E-state index in [0.29, 0.717) is 17.4 Å². The van der Waals surface area contributed by atoms with Crippen molar-refractivity contribution in [2.45, 2.75) is 46.6 Å². The van der Waals surface area contributed by atoms with Gasteiger partial charge in [-0.05, 0) is 47.9 Å². The van der Waals surface area contributed by atoms with Crippen molar-refractivity contribution in [3.05, 3.63) is 33.8 Å². The molecule has 0 amide bonds. The minimum absolute atomic E-state index is 0.381. The Hall–Kier alpha value is -0.340. The summed E-state index contributed by atoms with van der Waals surface area (Å²) >= 11 is 3.66. The summed E-state index contributed by atoms with van der Waals surface area (Å²) in [6.07, 6.45) is 2.42. The van der Waals surface area contributed by atoms with Gasteiger partial charge in [0, 0.05) is 10.5 Å². The summed E-state index contributed by atoms with van der Waals surface area (Å²) in [4.78, 5) is 0. The van der Waals surface area contributed by atoms with Crippen LogP contribution in [0.3, 0.4) is 0 Å². The van der Waals surface area contributed by atoms with Crippen LogP contribution in [-0.4, -0.2) is 6.54 Å². The quantitative estimate of drug-likeness (QED) is 0.852. The monoisotopic (exact) mass is 309 g/mol. The summed E-state index contributed by atoms with van der Waals surface area (Å²) in [5, 5.41) is 3.75. The molecule has 0 bridgehead atoms. The maximum absolute atomic E-state index is 3.75. The molecule has 2 unspecified atom stereocenters. The van der Waals surface area contributed by atoms with Gasteiger partial charge < -0.3 is 5.32 Å². The number of hydrogen-bond acceptors (Lipinski definition) is 1. The van der Waals surface area contributed by atoms with Crippen LogP contribution < -0.4 is 5.32 Å². The van der Waals surface area contributed by atoms with Crippen molar-refractivity contribution in [1.29, 1.82) is 0 Å². The summed E-state index contributed by atoms with van der Waals surface area (Å²) < 4.78 is 1.27. The van der Waals surface area contributed by atoms with Crippen LogP contribution in [0.4, 0.5) is 0 Å². The predicted molar refractivity (Wildman–Crippen MR) is 81.8 cm³/mol. The third kappa shape index (κ3) is 2.97. The lowest BCUT2D eigenvalue weighted by Crippen LogP contribution is -2.31. The van der Waals surface area contributed by atoms with Crippen molar-refractivity contribution >= 4 is 15.9 Å². The Balaban J connectivity index is 2.01. The molecule has 1 N–H and O–H groups in total. The molecule has 0 spiro atoms. The molecule has 0 aliphatic heterocycles. The summed E-state index contributed by atoms with van der Waals surface area (Å²) in [5.41, 5.74) is 3.37. The van der Waals surface area contributed by atoms with Crippen molar-refractivity contribution in [3.63, 3.8) is 0 Å². The first-order valence-corrected chi connectivity index (χ1v) is 7.69. The third-order valence-electron chi connectivity index (χ3n) is 4.36. The van der Waals surface area contributed by atoms with E-state index >= 15 is 0 Å². The standard InChI is InChI=1S/C16H24BrN/c1-11(16(2,3)4)10-18-15-9-8-12-13(15)6-5-7-14(12)17/h5-7,11,15,18H,8-10H2,1-4H3. The first kappa shape index (κ1) is 14.1. The van der Waals surface area contributed by atoms with E-state index in [-0.39, 0.29) is 0 Å². The van der Waals surface area contributed by atoms with E-state index in [1.165, 1.54) is 28.4 Å². The highest BCUT2D eigenvalue weighted by atomic mass is 79.9. The van der Waals surface area contributed by atoms with Crippen molar-refractivity contribution in [2.75, 3.05) is 6.54 Å². The number of fused-ring (bicyclic) bond motifs is 1. The van der Waals surface area contributed by atoms with Gasteiger partial charge in [-0.1, -0.05) is 55.8 Å². The summed E-state index contributed by atoms with van der Waals surface area (Å²) in [7, 11) is 0. The van der Waals surface area contributed by atoms with Gasteiger partial charge in [-0.15, -0.1) is 0 Å². The highest BCUT2D eigenvalue weighted by Gasteiger charge is 2.26. The predicted octanol–water partition coefficient (Wildman–Crippen LogP) is 4.71. The summed E-state index contributed by atoms with van der Waals surface area (Å²) in [6.45, 7) is 10.4. The topological polar surface area (TPSA) is 12.0 Å². The van der Waals surface area contributed by atoms with E-state index < -0.39 is 0 Å². The first-order valence-electron chi connectivity index (χ1n) is 6.90. The van der Waals surface area contributed by atoms with Crippen molar-refractivity contribution in [3.8, 4) is 0 Å². The highest BCUT2D eigenvalue weighted by Crippen LogP contribution is 2.36. The lowest BCUT2D eigenvalue weighted by Gasteiger charge is -2.29. The van der Waals surface area contributed by atoms with Crippen molar-refractivity contribution in [1.82, 2.24) is 5.32 Å². The second-order valence-electron chi connectivity index (χ2n) is 6.57. The van der Waals surface area contributed by atoms with Gasteiger partial charge >= 0.3 is 0 Å². The Kier molecular flexibility index (Phi) is 4.18. The maximum Gasteiger partial charge on any atom is 0.0326 e. The number of hydrogen-bond donors (Lipinski definition) is 1. The molecule has 2 heteroatoms. The Labute approximate surface area is 119 Å². The fourth-order valence-corrected chi connectivity index (χ4v) is 3.03. The van der Waals surface area contributed by atoms with Gasteiger partial charge in [0.15, 0.2) is 0 Å². The Morgan fingerprint density at radius 2 is 2.11 bits per heavy atom. The SMILES string of the molecule is CC(CNC1CCc2c(Br)cccc21)C(C)(C)C. The van der Waals surface area contributed by atoms with E-state index in [1.54, 1.807) is 0 Å². The second-order valence-corrected chi connectivity index (χ2v) is 7.43. The molecule has 100 valence electrons. The molecule has 0 saturated heterocycles. The van der Waals surface area contributed by atoms with Crippen LogP contribution in [-0.2, 0) is 6.42 Å². The smallest absolute Gasteiger partial charge is 0.0326 e. The maximum atomic E-state index is 3.75. The Morgan fingerprint density at radius 1 is 1.39 bits per heavy atom. The van der Waals surface area contributed by atoms with Crippen molar-refractivity contribution in [2.24, 2.45) is 11.3 Å². The van der Waals surface area contributed by atoms with Gasteiger partial charge in [-0.3, -0.25) is 0 Å². The zero-order valence-corrected chi connectivity index (χ0v) is 13.5. The molecule has 1 aliphatic rings. The molecule has 0 aromatic heterocycles. The van der Waals surface area contributed by atoms with Gasteiger partial charge in [-0.2, -0.15) is 0 Å². The zero-order chi connectivity index (χ0) is 13.3. The average Bonchev–Trinajstić information content (AvgIpc) is 2.69. The van der Waals surface area contributed by atoms with Crippen molar-refractivity contribution < 1.29 is 0 Å². The molecule has 1 aliphatic carbocycles. The van der Waals surface area contributed by atoms with Gasteiger partial charge in [-0.25, -0.2) is 0 Å². The number of halogens is 1. The van der Waals surface area contributed by atoms with E-state index in [9.17, 15) is 0 Å². The van der Waals surface area contributed by atoms with Crippen LogP contribution >= 0.6 is 15.9 Å². The van der Waals surface area contributed by atoms with Crippen LogP contribution in [0.1, 0.15) is 51.3 Å². The van der Waals surface area contributed by atoms with Gasteiger partial charge in [0.1, 0.15) is 0 Å². The number of rotatable bonds is 3. The van der Waals surface area contributed by atoms with Crippen LogP contribution in [0.25, 0.3) is 0 Å². The Bertz CT molecular complexity index is 420. The lowest BCUT2D eigenvalue weighted by molar-refractivity contribution is 0.245. The van der Waals surface area contributed by atoms with Crippen LogP contribution in [0.15, 0.2) is 22.7 Å². The van der Waals surface area contributed by atoms with E-state index in [0.717, 1.165) is 6.54 Å². The third-order valence-corrected chi connectivity index (χ3v) is 5.11. The first-order chi connectivity index (χ1) is 8.39. The molecule has 2 atom stereocenters.